The Hall–Kier alpha value is -2.33. The Morgan fingerprint density at radius 2 is 1.56 bits per heavy atom. The number of hydrogen-bond acceptors (Lipinski definition) is 3. The van der Waals surface area contributed by atoms with Gasteiger partial charge in [0.2, 0.25) is 5.91 Å². The highest BCUT2D eigenvalue weighted by molar-refractivity contribution is 5.78. The molecule has 1 aliphatic rings. The summed E-state index contributed by atoms with van der Waals surface area (Å²) in [7, 11) is 0. The minimum absolute atomic E-state index is 0.0986. The molecular weight excluding hydrogens is 446 g/mol. The molecule has 1 aliphatic heterocycles. The molecule has 4 heteroatoms. The monoisotopic (exact) mass is 493 g/mol. The van der Waals surface area contributed by atoms with Crippen LogP contribution in [0.15, 0.2) is 36.4 Å². The van der Waals surface area contributed by atoms with Gasteiger partial charge in [0.25, 0.3) is 0 Å². The highest BCUT2D eigenvalue weighted by Gasteiger charge is 2.42. The van der Waals surface area contributed by atoms with Crippen LogP contribution in [-0.2, 0) is 16.8 Å². The molecule has 4 nitrogen and oxygen atoms in total. The molecule has 2 unspecified atom stereocenters. The van der Waals surface area contributed by atoms with Gasteiger partial charge in [0.1, 0.15) is 17.5 Å². The topological polar surface area (TPSA) is 49.8 Å². The van der Waals surface area contributed by atoms with Gasteiger partial charge < -0.3 is 14.7 Å². The third-order valence-electron chi connectivity index (χ3n) is 8.98. The number of carbonyl (C=O) groups is 1. The summed E-state index contributed by atoms with van der Waals surface area (Å²) < 4.78 is 6.30. The van der Waals surface area contributed by atoms with Crippen molar-refractivity contribution < 1.29 is 14.6 Å². The summed E-state index contributed by atoms with van der Waals surface area (Å²) in [6, 6.07) is 13.3. The molecule has 2 aromatic carbocycles. The summed E-state index contributed by atoms with van der Waals surface area (Å²) in [6.07, 6.45) is 3.28. The Labute approximate surface area is 219 Å². The molecule has 0 aromatic heterocycles. The molecule has 1 amide bonds. The van der Waals surface area contributed by atoms with E-state index in [2.05, 4.69) is 64.1 Å². The quantitative estimate of drug-likeness (QED) is 0.405. The minimum atomic E-state index is -0.965. The molecule has 1 saturated heterocycles. The summed E-state index contributed by atoms with van der Waals surface area (Å²) in [5.41, 5.74) is 4.80. The van der Waals surface area contributed by atoms with Crippen molar-refractivity contribution >= 4 is 5.91 Å². The molecule has 2 atom stereocenters. The fraction of sp³-hybridized carbons (Fsp3) is 0.594. The Kier molecular flexibility index (Phi) is 8.30. The van der Waals surface area contributed by atoms with Crippen molar-refractivity contribution in [2.24, 2.45) is 5.41 Å². The van der Waals surface area contributed by atoms with Gasteiger partial charge in [-0.3, -0.25) is 4.79 Å². The zero-order valence-electron chi connectivity index (χ0n) is 24.0. The van der Waals surface area contributed by atoms with Gasteiger partial charge in [0.15, 0.2) is 0 Å². The van der Waals surface area contributed by atoms with Crippen LogP contribution in [0.25, 0.3) is 0 Å². The van der Waals surface area contributed by atoms with E-state index in [1.54, 1.807) is 0 Å². The first-order valence-electron chi connectivity index (χ1n) is 13.6. The van der Waals surface area contributed by atoms with Gasteiger partial charge in [-0.15, -0.1) is 0 Å². The molecule has 2 aromatic rings. The molecule has 0 spiro atoms. The lowest BCUT2D eigenvalue weighted by Crippen LogP contribution is -2.51. The zero-order valence-corrected chi connectivity index (χ0v) is 24.0. The second kappa shape index (κ2) is 10.6. The number of likely N-dealkylation sites (tertiary alicyclic amines) is 1. The molecule has 0 radical (unpaired) electrons. The standard InChI is InChI=1S/C32H47NO3/c1-10-32(11-2,26-15-14-25(22(3)19-26)21-33-18-12-13-29(33)34)27-16-17-28(23(4)20-27)36-24(5)31(9,35)30(6,7)8/h14-17,19-20,24,35H,10-13,18,21H2,1-9H3. The fourth-order valence-corrected chi connectivity index (χ4v) is 5.48. The Balaban J connectivity index is 1.90. The van der Waals surface area contributed by atoms with E-state index in [1.165, 1.54) is 22.3 Å². The first-order valence-corrected chi connectivity index (χ1v) is 13.6. The Bertz CT molecular complexity index is 1080. The van der Waals surface area contributed by atoms with E-state index in [1.807, 2.05) is 39.5 Å². The van der Waals surface area contributed by atoms with Crippen molar-refractivity contribution in [1.29, 1.82) is 0 Å². The van der Waals surface area contributed by atoms with Crippen LogP contribution in [0.3, 0.4) is 0 Å². The van der Waals surface area contributed by atoms with Crippen LogP contribution in [0.1, 0.15) is 102 Å². The smallest absolute Gasteiger partial charge is 0.222 e. The highest BCUT2D eigenvalue weighted by Crippen LogP contribution is 2.42. The van der Waals surface area contributed by atoms with E-state index in [0.29, 0.717) is 13.0 Å². The van der Waals surface area contributed by atoms with Gasteiger partial charge in [-0.05, 0) is 86.3 Å². The molecule has 0 saturated carbocycles. The zero-order chi connectivity index (χ0) is 26.9. The SMILES string of the molecule is CCC(CC)(c1ccc(CN2CCCC2=O)c(C)c1)c1ccc(OC(C)C(C)(O)C(C)(C)C)c(C)c1. The molecule has 1 N–H and O–H groups in total. The van der Waals surface area contributed by atoms with Crippen molar-refractivity contribution in [3.8, 4) is 5.75 Å². The normalized spacial score (nSPS) is 17.3. The number of hydrogen-bond donors (Lipinski definition) is 1. The second-order valence-corrected chi connectivity index (χ2v) is 12.0. The number of rotatable bonds is 9. The molecule has 1 fully saturated rings. The van der Waals surface area contributed by atoms with Crippen molar-refractivity contribution in [1.82, 2.24) is 4.90 Å². The van der Waals surface area contributed by atoms with E-state index < -0.39 is 5.60 Å². The third-order valence-corrected chi connectivity index (χ3v) is 8.98. The minimum Gasteiger partial charge on any atom is -0.487 e. The van der Waals surface area contributed by atoms with Crippen molar-refractivity contribution in [2.45, 2.75) is 112 Å². The van der Waals surface area contributed by atoms with Crippen LogP contribution in [0.2, 0.25) is 0 Å². The van der Waals surface area contributed by atoms with Gasteiger partial charge in [0, 0.05) is 24.9 Å². The maximum absolute atomic E-state index is 12.1. The van der Waals surface area contributed by atoms with Crippen LogP contribution in [-0.4, -0.2) is 34.2 Å². The van der Waals surface area contributed by atoms with Crippen molar-refractivity contribution in [2.75, 3.05) is 6.54 Å². The number of ether oxygens (including phenoxy) is 1. The summed E-state index contributed by atoms with van der Waals surface area (Å²) in [4.78, 5) is 14.1. The van der Waals surface area contributed by atoms with Crippen LogP contribution < -0.4 is 4.74 Å². The first-order chi connectivity index (χ1) is 16.8. The molecule has 0 aliphatic carbocycles. The van der Waals surface area contributed by atoms with E-state index in [9.17, 15) is 9.90 Å². The maximum atomic E-state index is 12.1. The van der Waals surface area contributed by atoms with E-state index in [0.717, 1.165) is 37.1 Å². The van der Waals surface area contributed by atoms with Crippen LogP contribution in [0, 0.1) is 19.3 Å². The lowest BCUT2D eigenvalue weighted by molar-refractivity contribution is -0.128. The van der Waals surface area contributed by atoms with Gasteiger partial charge in [-0.25, -0.2) is 0 Å². The predicted molar refractivity (Wildman–Crippen MR) is 149 cm³/mol. The van der Waals surface area contributed by atoms with Gasteiger partial charge in [-0.2, -0.15) is 0 Å². The summed E-state index contributed by atoms with van der Waals surface area (Å²) in [5, 5.41) is 11.1. The number of nitrogens with zero attached hydrogens (tertiary/aromatic N) is 1. The highest BCUT2D eigenvalue weighted by atomic mass is 16.5. The number of aliphatic hydroxyl groups is 1. The first kappa shape index (κ1) is 28.2. The van der Waals surface area contributed by atoms with Crippen molar-refractivity contribution in [3.05, 3.63) is 64.2 Å². The van der Waals surface area contributed by atoms with E-state index in [-0.39, 0.29) is 22.8 Å². The lowest BCUT2D eigenvalue weighted by Gasteiger charge is -2.41. The second-order valence-electron chi connectivity index (χ2n) is 12.0. The predicted octanol–water partition coefficient (Wildman–Crippen LogP) is 7.10. The third kappa shape index (κ3) is 5.34. The molecule has 1 heterocycles. The van der Waals surface area contributed by atoms with Gasteiger partial charge in [-0.1, -0.05) is 65.0 Å². The number of carbonyl (C=O) groups excluding carboxylic acids is 1. The number of benzene rings is 2. The molecular formula is C32H47NO3. The summed E-state index contributed by atoms with van der Waals surface area (Å²) in [5.74, 6) is 1.09. The maximum Gasteiger partial charge on any atom is 0.222 e. The molecule has 3 rings (SSSR count). The number of aryl methyl sites for hydroxylation is 2. The van der Waals surface area contributed by atoms with Gasteiger partial charge in [0.05, 0.1) is 0 Å². The largest absolute Gasteiger partial charge is 0.487 e. The lowest BCUT2D eigenvalue weighted by atomic mass is 9.70. The van der Waals surface area contributed by atoms with E-state index >= 15 is 0 Å². The Morgan fingerprint density at radius 1 is 0.972 bits per heavy atom. The van der Waals surface area contributed by atoms with E-state index in [4.69, 9.17) is 4.74 Å². The Morgan fingerprint density at radius 3 is 2.03 bits per heavy atom. The van der Waals surface area contributed by atoms with Crippen LogP contribution in [0.5, 0.6) is 5.75 Å². The number of amides is 1. The fourth-order valence-electron chi connectivity index (χ4n) is 5.48. The molecule has 36 heavy (non-hydrogen) atoms. The summed E-state index contributed by atoms with van der Waals surface area (Å²) >= 11 is 0. The molecule has 198 valence electrons. The van der Waals surface area contributed by atoms with Crippen molar-refractivity contribution in [3.63, 3.8) is 0 Å². The average molecular weight is 494 g/mol. The summed E-state index contributed by atoms with van der Waals surface area (Å²) in [6.45, 7) is 20.3. The van der Waals surface area contributed by atoms with Crippen LogP contribution >= 0.6 is 0 Å². The van der Waals surface area contributed by atoms with Gasteiger partial charge >= 0.3 is 0 Å². The average Bonchev–Trinajstić information content (AvgIpc) is 3.21. The van der Waals surface area contributed by atoms with Crippen LogP contribution in [0.4, 0.5) is 0 Å². The molecule has 0 bridgehead atoms.